The van der Waals surface area contributed by atoms with Crippen LogP contribution in [0.3, 0.4) is 0 Å². The molecule has 1 aliphatic rings. The summed E-state index contributed by atoms with van der Waals surface area (Å²) in [6.07, 6.45) is 0. The summed E-state index contributed by atoms with van der Waals surface area (Å²) >= 11 is 0. The van der Waals surface area contributed by atoms with Gasteiger partial charge in [-0.25, -0.2) is 9.59 Å². The Bertz CT molecular complexity index is 929. The zero-order valence-electron chi connectivity index (χ0n) is 17.3. The van der Waals surface area contributed by atoms with Crippen molar-refractivity contribution < 1.29 is 28.4 Å². The molecule has 2 heterocycles. The summed E-state index contributed by atoms with van der Waals surface area (Å²) in [5.41, 5.74) is -0.212. The Kier molecular flexibility index (Phi) is 5.47. The minimum Gasteiger partial charge on any atom is -0.464 e. The molecule has 0 N–H and O–H groups in total. The van der Waals surface area contributed by atoms with Crippen molar-refractivity contribution in [3.8, 4) is 11.1 Å². The summed E-state index contributed by atoms with van der Waals surface area (Å²) in [6.45, 7) is 7.57. The van der Waals surface area contributed by atoms with Gasteiger partial charge in [-0.1, -0.05) is 30.3 Å². The molecular formula is C20H23BN2O6. The number of methoxy groups -OCH3 is 2. The highest BCUT2D eigenvalue weighted by molar-refractivity contribution is 6.65. The molecule has 2 aromatic rings. The number of carbonyl (C=O) groups is 2. The van der Waals surface area contributed by atoms with Crippen molar-refractivity contribution in [3.63, 3.8) is 0 Å². The van der Waals surface area contributed by atoms with E-state index < -0.39 is 30.3 Å². The van der Waals surface area contributed by atoms with Gasteiger partial charge in [0.25, 0.3) is 0 Å². The third-order valence-corrected chi connectivity index (χ3v) is 5.32. The number of ether oxygens (including phenoxy) is 2. The number of rotatable bonds is 4. The van der Waals surface area contributed by atoms with Gasteiger partial charge in [-0.15, -0.1) is 10.2 Å². The van der Waals surface area contributed by atoms with Crippen LogP contribution in [0, 0.1) is 0 Å². The van der Waals surface area contributed by atoms with Gasteiger partial charge in [-0.3, -0.25) is 0 Å². The maximum Gasteiger partial charge on any atom is 0.498 e. The predicted octanol–water partition coefficient (Wildman–Crippen LogP) is 2.02. The van der Waals surface area contributed by atoms with Crippen molar-refractivity contribution in [2.45, 2.75) is 38.9 Å². The highest BCUT2D eigenvalue weighted by atomic mass is 16.7. The lowest BCUT2D eigenvalue weighted by molar-refractivity contribution is 0.00578. The summed E-state index contributed by atoms with van der Waals surface area (Å²) < 4.78 is 22.1. The van der Waals surface area contributed by atoms with Crippen LogP contribution in [-0.4, -0.2) is 54.7 Å². The van der Waals surface area contributed by atoms with Crippen molar-refractivity contribution >= 4 is 24.5 Å². The van der Waals surface area contributed by atoms with E-state index in [2.05, 4.69) is 10.2 Å². The number of carbonyl (C=O) groups excluding carboxylic acids is 2. The van der Waals surface area contributed by atoms with Gasteiger partial charge < -0.3 is 18.8 Å². The zero-order chi connectivity index (χ0) is 21.4. The van der Waals surface area contributed by atoms with Crippen LogP contribution in [0.25, 0.3) is 11.1 Å². The van der Waals surface area contributed by atoms with Crippen LogP contribution in [0.2, 0.25) is 0 Å². The van der Waals surface area contributed by atoms with Crippen molar-refractivity contribution in [3.05, 3.63) is 41.7 Å². The Balaban J connectivity index is 2.34. The normalized spacial score (nSPS) is 17.1. The van der Waals surface area contributed by atoms with Gasteiger partial charge >= 0.3 is 19.1 Å². The molecule has 0 spiro atoms. The number of aromatic nitrogens is 2. The van der Waals surface area contributed by atoms with E-state index in [-0.39, 0.29) is 16.9 Å². The van der Waals surface area contributed by atoms with Gasteiger partial charge in [-0.2, -0.15) is 0 Å². The molecule has 0 radical (unpaired) electrons. The SMILES string of the molecule is COC(=O)c1nnc(C(=O)OC)c(-c2ccccc2)c1B1OC(C)(C)C(C)(C)O1. The first-order valence-corrected chi connectivity index (χ1v) is 9.11. The number of nitrogens with zero attached hydrogens (tertiary/aromatic N) is 2. The molecule has 3 rings (SSSR count). The Labute approximate surface area is 169 Å². The monoisotopic (exact) mass is 398 g/mol. The van der Waals surface area contributed by atoms with Crippen LogP contribution in [-0.2, 0) is 18.8 Å². The van der Waals surface area contributed by atoms with Crippen LogP contribution in [0.5, 0.6) is 0 Å². The topological polar surface area (TPSA) is 96.8 Å². The van der Waals surface area contributed by atoms with Crippen molar-refractivity contribution in [2.24, 2.45) is 0 Å². The van der Waals surface area contributed by atoms with E-state index in [9.17, 15) is 9.59 Å². The standard InChI is InChI=1S/C20H23BN2O6/c1-19(2)20(3,4)29-21(28-19)14-13(12-10-8-7-9-11-12)15(17(24)26-5)22-23-16(14)18(25)27-6/h7-11H,1-6H3. The van der Waals surface area contributed by atoms with Gasteiger partial charge in [0.05, 0.1) is 25.4 Å². The second-order valence-corrected chi connectivity index (χ2v) is 7.62. The third-order valence-electron chi connectivity index (χ3n) is 5.32. The summed E-state index contributed by atoms with van der Waals surface area (Å²) in [7, 11) is 1.53. The fraction of sp³-hybridized carbons (Fsp3) is 0.400. The number of hydrogen-bond donors (Lipinski definition) is 0. The Morgan fingerprint density at radius 2 is 1.34 bits per heavy atom. The maximum atomic E-state index is 12.5. The number of esters is 2. The Morgan fingerprint density at radius 1 is 0.862 bits per heavy atom. The first-order valence-electron chi connectivity index (χ1n) is 9.11. The molecule has 152 valence electrons. The minimum atomic E-state index is -0.969. The quantitative estimate of drug-likeness (QED) is 0.570. The van der Waals surface area contributed by atoms with E-state index in [0.29, 0.717) is 11.1 Å². The molecule has 0 saturated carbocycles. The molecule has 8 nitrogen and oxygen atoms in total. The van der Waals surface area contributed by atoms with Gasteiger partial charge in [0.2, 0.25) is 0 Å². The lowest BCUT2D eigenvalue weighted by Crippen LogP contribution is -2.42. The molecule has 0 atom stereocenters. The molecule has 0 amide bonds. The van der Waals surface area contributed by atoms with E-state index in [0.717, 1.165) is 0 Å². The molecule has 29 heavy (non-hydrogen) atoms. The van der Waals surface area contributed by atoms with E-state index in [1.54, 1.807) is 12.1 Å². The lowest BCUT2D eigenvalue weighted by Gasteiger charge is -2.32. The van der Waals surface area contributed by atoms with Crippen LogP contribution >= 0.6 is 0 Å². The predicted molar refractivity (Wildman–Crippen MR) is 106 cm³/mol. The van der Waals surface area contributed by atoms with E-state index in [4.69, 9.17) is 18.8 Å². The van der Waals surface area contributed by atoms with Gasteiger partial charge in [0, 0.05) is 11.0 Å². The molecule has 1 aromatic carbocycles. The first kappa shape index (κ1) is 20.9. The average Bonchev–Trinajstić information content (AvgIpc) is 2.93. The van der Waals surface area contributed by atoms with E-state index >= 15 is 0 Å². The molecule has 1 saturated heterocycles. The van der Waals surface area contributed by atoms with E-state index in [1.807, 2.05) is 45.9 Å². The molecule has 0 unspecified atom stereocenters. The maximum absolute atomic E-state index is 12.5. The molecule has 9 heteroatoms. The molecule has 1 aromatic heterocycles. The Morgan fingerprint density at radius 3 is 1.86 bits per heavy atom. The van der Waals surface area contributed by atoms with Gasteiger partial charge in [0.15, 0.2) is 11.4 Å². The second kappa shape index (κ2) is 7.57. The lowest BCUT2D eigenvalue weighted by atomic mass is 9.72. The molecule has 1 fully saturated rings. The second-order valence-electron chi connectivity index (χ2n) is 7.62. The first-order chi connectivity index (χ1) is 13.6. The molecule has 0 bridgehead atoms. The highest BCUT2D eigenvalue weighted by Gasteiger charge is 2.54. The zero-order valence-corrected chi connectivity index (χ0v) is 17.3. The third kappa shape index (κ3) is 3.63. The fourth-order valence-electron chi connectivity index (χ4n) is 3.02. The molecule has 1 aliphatic heterocycles. The van der Waals surface area contributed by atoms with Gasteiger partial charge in [0.1, 0.15) is 0 Å². The van der Waals surface area contributed by atoms with Crippen molar-refractivity contribution in [1.82, 2.24) is 10.2 Å². The van der Waals surface area contributed by atoms with Crippen molar-refractivity contribution in [2.75, 3.05) is 14.2 Å². The molecule has 0 aliphatic carbocycles. The Hall–Kier alpha value is -2.78. The summed E-state index contributed by atoms with van der Waals surface area (Å²) in [5, 5.41) is 7.92. The number of benzene rings is 1. The van der Waals surface area contributed by atoms with Crippen LogP contribution < -0.4 is 5.46 Å². The largest absolute Gasteiger partial charge is 0.498 e. The van der Waals surface area contributed by atoms with Crippen LogP contribution in [0.15, 0.2) is 30.3 Å². The van der Waals surface area contributed by atoms with Crippen molar-refractivity contribution in [1.29, 1.82) is 0 Å². The molecular weight excluding hydrogens is 375 g/mol. The van der Waals surface area contributed by atoms with Crippen LogP contribution in [0.1, 0.15) is 48.7 Å². The fourth-order valence-corrected chi connectivity index (χ4v) is 3.02. The summed E-state index contributed by atoms with van der Waals surface area (Å²) in [6, 6.07) is 9.04. The van der Waals surface area contributed by atoms with Gasteiger partial charge in [-0.05, 0) is 33.3 Å². The van der Waals surface area contributed by atoms with Crippen LogP contribution in [0.4, 0.5) is 0 Å². The highest BCUT2D eigenvalue weighted by Crippen LogP contribution is 2.38. The summed E-state index contributed by atoms with van der Waals surface area (Å²) in [4.78, 5) is 25.0. The average molecular weight is 398 g/mol. The summed E-state index contributed by atoms with van der Waals surface area (Å²) in [5.74, 6) is -1.40. The smallest absolute Gasteiger partial charge is 0.464 e. The minimum absolute atomic E-state index is 0.0453. The van der Waals surface area contributed by atoms with E-state index in [1.165, 1.54) is 14.2 Å². The number of hydrogen-bond acceptors (Lipinski definition) is 8.